The molecule has 0 aliphatic carbocycles. The van der Waals surface area contributed by atoms with Gasteiger partial charge < -0.3 is 16.2 Å². The molecule has 6 nitrogen and oxygen atoms in total. The van der Waals surface area contributed by atoms with Gasteiger partial charge in [0.1, 0.15) is 0 Å². The first-order valence-electron chi connectivity index (χ1n) is 5.42. The Hall–Kier alpha value is -1.56. The van der Waals surface area contributed by atoms with E-state index in [1.54, 1.807) is 0 Å². The summed E-state index contributed by atoms with van der Waals surface area (Å²) in [4.78, 5) is 11.6. The van der Waals surface area contributed by atoms with Crippen LogP contribution in [-0.2, 0) is 6.42 Å². The van der Waals surface area contributed by atoms with Crippen LogP contribution < -0.4 is 11.1 Å². The highest BCUT2D eigenvalue weighted by Gasteiger charge is 2.15. The number of aromatic amines is 1. The lowest BCUT2D eigenvalue weighted by atomic mass is 10.2. The Balaban J connectivity index is 2.49. The third-order valence-electron chi connectivity index (χ3n) is 2.32. The Morgan fingerprint density at radius 1 is 1.56 bits per heavy atom. The highest BCUT2D eigenvalue weighted by atomic mass is 16.2. The maximum Gasteiger partial charge on any atom is 0.273 e. The van der Waals surface area contributed by atoms with Crippen molar-refractivity contribution >= 4 is 11.6 Å². The molecule has 0 bridgehead atoms. The smallest absolute Gasteiger partial charge is 0.273 e. The van der Waals surface area contributed by atoms with Crippen molar-refractivity contribution in [2.75, 3.05) is 18.9 Å². The molecule has 0 aliphatic rings. The van der Waals surface area contributed by atoms with Crippen molar-refractivity contribution in [2.24, 2.45) is 0 Å². The summed E-state index contributed by atoms with van der Waals surface area (Å²) in [6.45, 7) is 2.60. The first-order valence-corrected chi connectivity index (χ1v) is 5.42. The number of amides is 1. The van der Waals surface area contributed by atoms with E-state index in [-0.39, 0.29) is 18.2 Å². The van der Waals surface area contributed by atoms with Gasteiger partial charge in [-0.05, 0) is 19.3 Å². The number of nitrogen functional groups attached to an aromatic ring is 1. The van der Waals surface area contributed by atoms with Gasteiger partial charge in [0.05, 0.1) is 11.4 Å². The number of H-pyrrole nitrogens is 1. The average Bonchev–Trinajstić information content (AvgIpc) is 2.65. The molecule has 1 aromatic rings. The van der Waals surface area contributed by atoms with Crippen LogP contribution in [0.4, 0.5) is 5.69 Å². The summed E-state index contributed by atoms with van der Waals surface area (Å²) in [7, 11) is 0. The van der Waals surface area contributed by atoms with E-state index in [0.717, 1.165) is 18.5 Å². The molecular formula is C10H18N4O2. The number of nitrogens with two attached hydrogens (primary N) is 1. The maximum atomic E-state index is 11.6. The van der Waals surface area contributed by atoms with Gasteiger partial charge in [-0.25, -0.2) is 0 Å². The Kier molecular flexibility index (Phi) is 4.78. The lowest BCUT2D eigenvalue weighted by Crippen LogP contribution is -2.25. The van der Waals surface area contributed by atoms with E-state index >= 15 is 0 Å². The second-order valence-corrected chi connectivity index (χ2v) is 3.50. The van der Waals surface area contributed by atoms with Crippen LogP contribution in [0.1, 0.15) is 35.9 Å². The van der Waals surface area contributed by atoms with E-state index < -0.39 is 0 Å². The second kappa shape index (κ2) is 6.12. The molecule has 0 atom stereocenters. The molecule has 1 amide bonds. The third kappa shape index (κ3) is 2.96. The standard InChI is InChI=1S/C10H18N4O2/c1-2-7-8(11)9(14-13-7)10(16)12-5-3-4-6-15/h15H,2-6,11H2,1H3,(H,12,16)(H,13,14). The molecule has 0 radical (unpaired) electrons. The van der Waals surface area contributed by atoms with Gasteiger partial charge in [0, 0.05) is 13.2 Å². The van der Waals surface area contributed by atoms with Crippen molar-refractivity contribution in [1.29, 1.82) is 0 Å². The molecule has 0 saturated carbocycles. The molecule has 0 unspecified atom stereocenters. The number of aryl methyl sites for hydroxylation is 1. The van der Waals surface area contributed by atoms with Gasteiger partial charge in [0.2, 0.25) is 0 Å². The number of hydrogen-bond acceptors (Lipinski definition) is 4. The highest BCUT2D eigenvalue weighted by Crippen LogP contribution is 2.13. The van der Waals surface area contributed by atoms with E-state index in [9.17, 15) is 4.79 Å². The Morgan fingerprint density at radius 3 is 2.88 bits per heavy atom. The van der Waals surface area contributed by atoms with Crippen molar-refractivity contribution in [2.45, 2.75) is 26.2 Å². The number of hydrogen-bond donors (Lipinski definition) is 4. The van der Waals surface area contributed by atoms with Crippen LogP contribution in [0.15, 0.2) is 0 Å². The van der Waals surface area contributed by atoms with Crippen molar-refractivity contribution in [3.63, 3.8) is 0 Å². The molecule has 5 N–H and O–H groups in total. The fraction of sp³-hybridized carbons (Fsp3) is 0.600. The van der Waals surface area contributed by atoms with Crippen LogP contribution in [0.3, 0.4) is 0 Å². The predicted octanol–water partition coefficient (Wildman–Crippen LogP) is 0.0566. The zero-order valence-corrected chi connectivity index (χ0v) is 9.42. The minimum Gasteiger partial charge on any atom is -0.396 e. The summed E-state index contributed by atoms with van der Waals surface area (Å²) in [5.74, 6) is -0.272. The molecule has 0 saturated heterocycles. The lowest BCUT2D eigenvalue weighted by Gasteiger charge is -2.02. The number of nitrogens with zero attached hydrogens (tertiary/aromatic N) is 1. The largest absolute Gasteiger partial charge is 0.396 e. The number of unbranched alkanes of at least 4 members (excludes halogenated alkanes) is 1. The van der Waals surface area contributed by atoms with Crippen LogP contribution in [-0.4, -0.2) is 34.4 Å². The minimum atomic E-state index is -0.272. The molecule has 0 fully saturated rings. The van der Waals surface area contributed by atoms with Gasteiger partial charge in [0.15, 0.2) is 5.69 Å². The summed E-state index contributed by atoms with van der Waals surface area (Å²) >= 11 is 0. The van der Waals surface area contributed by atoms with Gasteiger partial charge in [-0.2, -0.15) is 5.10 Å². The predicted molar refractivity (Wildman–Crippen MR) is 61.0 cm³/mol. The van der Waals surface area contributed by atoms with Crippen LogP contribution >= 0.6 is 0 Å². The summed E-state index contributed by atoms with van der Waals surface area (Å²) in [5, 5.41) is 17.9. The Bertz CT molecular complexity index is 349. The zero-order valence-electron chi connectivity index (χ0n) is 9.42. The van der Waals surface area contributed by atoms with E-state index in [0.29, 0.717) is 18.7 Å². The van der Waals surface area contributed by atoms with Gasteiger partial charge >= 0.3 is 0 Å². The molecule has 0 aromatic carbocycles. The summed E-state index contributed by atoms with van der Waals surface area (Å²) in [5.41, 5.74) is 7.20. The van der Waals surface area contributed by atoms with E-state index in [1.165, 1.54) is 0 Å². The number of carbonyl (C=O) groups is 1. The van der Waals surface area contributed by atoms with Crippen molar-refractivity contribution in [3.8, 4) is 0 Å². The molecule has 1 aromatic heterocycles. The Morgan fingerprint density at radius 2 is 2.31 bits per heavy atom. The molecule has 6 heteroatoms. The zero-order chi connectivity index (χ0) is 12.0. The number of carbonyl (C=O) groups excluding carboxylic acids is 1. The molecule has 1 rings (SSSR count). The number of aliphatic hydroxyl groups excluding tert-OH is 1. The minimum absolute atomic E-state index is 0.139. The van der Waals surface area contributed by atoms with Crippen molar-refractivity contribution < 1.29 is 9.90 Å². The van der Waals surface area contributed by atoms with Gasteiger partial charge in [-0.1, -0.05) is 6.92 Å². The summed E-state index contributed by atoms with van der Waals surface area (Å²) in [6, 6.07) is 0. The van der Waals surface area contributed by atoms with Gasteiger partial charge in [-0.3, -0.25) is 9.89 Å². The van der Waals surface area contributed by atoms with E-state index in [1.807, 2.05) is 6.92 Å². The quantitative estimate of drug-likeness (QED) is 0.515. The summed E-state index contributed by atoms with van der Waals surface area (Å²) < 4.78 is 0. The lowest BCUT2D eigenvalue weighted by molar-refractivity contribution is 0.0948. The van der Waals surface area contributed by atoms with E-state index in [2.05, 4.69) is 15.5 Å². The van der Waals surface area contributed by atoms with Crippen molar-refractivity contribution in [3.05, 3.63) is 11.4 Å². The molecular weight excluding hydrogens is 208 g/mol. The first-order chi connectivity index (χ1) is 7.70. The van der Waals surface area contributed by atoms with Crippen LogP contribution in [0.5, 0.6) is 0 Å². The average molecular weight is 226 g/mol. The number of nitrogens with one attached hydrogen (secondary N) is 2. The topological polar surface area (TPSA) is 104 Å². The van der Waals surface area contributed by atoms with Gasteiger partial charge in [-0.15, -0.1) is 0 Å². The second-order valence-electron chi connectivity index (χ2n) is 3.50. The number of rotatable bonds is 6. The molecule has 90 valence electrons. The van der Waals surface area contributed by atoms with Crippen LogP contribution in [0.2, 0.25) is 0 Å². The third-order valence-corrected chi connectivity index (χ3v) is 2.32. The molecule has 0 spiro atoms. The summed E-state index contributed by atoms with van der Waals surface area (Å²) in [6.07, 6.45) is 2.14. The fourth-order valence-electron chi connectivity index (χ4n) is 1.35. The Labute approximate surface area is 94.2 Å². The SMILES string of the molecule is CCc1[nH]nc(C(=O)NCCCCO)c1N. The van der Waals surface area contributed by atoms with Crippen molar-refractivity contribution in [1.82, 2.24) is 15.5 Å². The maximum absolute atomic E-state index is 11.6. The number of aliphatic hydroxyl groups is 1. The molecule has 1 heterocycles. The highest BCUT2D eigenvalue weighted by molar-refractivity contribution is 5.97. The molecule has 16 heavy (non-hydrogen) atoms. The monoisotopic (exact) mass is 226 g/mol. The molecule has 0 aliphatic heterocycles. The first kappa shape index (κ1) is 12.5. The number of anilines is 1. The van der Waals surface area contributed by atoms with Crippen LogP contribution in [0.25, 0.3) is 0 Å². The normalized spacial score (nSPS) is 10.4. The fourth-order valence-corrected chi connectivity index (χ4v) is 1.35. The van der Waals surface area contributed by atoms with Crippen LogP contribution in [0, 0.1) is 0 Å². The van der Waals surface area contributed by atoms with E-state index in [4.69, 9.17) is 10.8 Å². The van der Waals surface area contributed by atoms with Gasteiger partial charge in [0.25, 0.3) is 5.91 Å². The number of aromatic nitrogens is 2.